The Balaban J connectivity index is 2.52. The molecule has 0 aliphatic carbocycles. The van der Waals surface area contributed by atoms with Crippen LogP contribution in [0.1, 0.15) is 0 Å². The Kier molecular flexibility index (Phi) is 3.64. The lowest BCUT2D eigenvalue weighted by Crippen LogP contribution is -2.32. The summed E-state index contributed by atoms with van der Waals surface area (Å²) in [5.41, 5.74) is 5.50. The third kappa shape index (κ3) is 2.89. The van der Waals surface area contributed by atoms with Gasteiger partial charge in [-0.3, -0.25) is 5.41 Å². The van der Waals surface area contributed by atoms with E-state index in [1.807, 2.05) is 0 Å². The zero-order valence-electron chi connectivity index (χ0n) is 10.3. The highest BCUT2D eigenvalue weighted by molar-refractivity contribution is 7.89. The average Bonchev–Trinajstić information content (AvgIpc) is 2.35. The molecule has 0 aliphatic heterocycles. The quantitative estimate of drug-likeness (QED) is 0.759. The van der Waals surface area contributed by atoms with Crippen molar-refractivity contribution in [2.75, 3.05) is 17.3 Å². The van der Waals surface area contributed by atoms with Crippen LogP contribution in [0.3, 0.4) is 0 Å². The van der Waals surface area contributed by atoms with Crippen molar-refractivity contribution in [3.05, 3.63) is 34.8 Å². The van der Waals surface area contributed by atoms with E-state index in [1.165, 1.54) is 0 Å². The van der Waals surface area contributed by atoms with Crippen LogP contribution in [0.4, 0.5) is 17.5 Å². The first kappa shape index (κ1) is 14.3. The van der Waals surface area contributed by atoms with Crippen molar-refractivity contribution in [1.82, 2.24) is 14.2 Å². The average molecular weight is 315 g/mol. The maximum atomic E-state index is 11.5. The minimum Gasteiger partial charge on any atom is -0.380 e. The minimum absolute atomic E-state index is 0.0722. The summed E-state index contributed by atoms with van der Waals surface area (Å²) in [4.78, 5) is 3.81. The predicted molar refractivity (Wildman–Crippen MR) is 75.3 cm³/mol. The maximum Gasteiger partial charge on any atom is 0.253 e. The fraction of sp³-hybridized carbons (Fsp3) is 0.100. The van der Waals surface area contributed by atoms with Gasteiger partial charge in [-0.05, 0) is 12.1 Å². The first-order chi connectivity index (χ1) is 9.29. The monoisotopic (exact) mass is 314 g/mol. The molecule has 2 rings (SSSR count). The van der Waals surface area contributed by atoms with Crippen molar-refractivity contribution < 1.29 is 8.42 Å². The molecule has 106 valence electrons. The number of nitrogen functional groups attached to an aromatic ring is 1. The van der Waals surface area contributed by atoms with Crippen LogP contribution >= 0.6 is 11.6 Å². The van der Waals surface area contributed by atoms with Gasteiger partial charge in [0.15, 0.2) is 5.82 Å². The van der Waals surface area contributed by atoms with Gasteiger partial charge in [-0.25, -0.2) is 8.42 Å². The van der Waals surface area contributed by atoms with Gasteiger partial charge >= 0.3 is 0 Å². The summed E-state index contributed by atoms with van der Waals surface area (Å²) in [6.07, 6.45) is 0.913. The second kappa shape index (κ2) is 5.10. The molecule has 4 N–H and O–H groups in total. The zero-order chi connectivity index (χ0) is 14.9. The molecule has 2 aromatic rings. The Hall–Kier alpha value is -2.13. The second-order valence-electron chi connectivity index (χ2n) is 3.88. The Labute approximate surface area is 119 Å². The molecule has 0 bridgehead atoms. The zero-order valence-corrected chi connectivity index (χ0v) is 11.9. The first-order valence-corrected chi connectivity index (χ1v) is 7.55. The van der Waals surface area contributed by atoms with Gasteiger partial charge in [0.2, 0.25) is 11.4 Å². The van der Waals surface area contributed by atoms with Gasteiger partial charge in [0.05, 0.1) is 17.0 Å². The lowest BCUT2D eigenvalue weighted by molar-refractivity contribution is 0.579. The lowest BCUT2D eigenvalue weighted by atomic mass is 10.3. The van der Waals surface area contributed by atoms with Crippen LogP contribution in [0.25, 0.3) is 0 Å². The fourth-order valence-corrected chi connectivity index (χ4v) is 2.23. The number of aromatic nitrogens is 3. The number of para-hydroxylation sites is 1. The molecule has 0 amide bonds. The molecule has 0 fully saturated rings. The number of anilines is 3. The van der Waals surface area contributed by atoms with E-state index in [2.05, 4.69) is 15.4 Å². The van der Waals surface area contributed by atoms with E-state index in [9.17, 15) is 8.42 Å². The third-order valence-corrected chi connectivity index (χ3v) is 3.50. The summed E-state index contributed by atoms with van der Waals surface area (Å²) < 4.78 is 23.5. The van der Waals surface area contributed by atoms with Gasteiger partial charge in [-0.15, -0.1) is 9.19 Å². The Morgan fingerprint density at radius 2 is 2.05 bits per heavy atom. The van der Waals surface area contributed by atoms with E-state index in [1.54, 1.807) is 24.3 Å². The van der Waals surface area contributed by atoms with Crippen molar-refractivity contribution in [2.45, 2.75) is 0 Å². The molecule has 20 heavy (non-hydrogen) atoms. The summed E-state index contributed by atoms with van der Waals surface area (Å²) in [7, 11) is -3.76. The van der Waals surface area contributed by atoms with Crippen molar-refractivity contribution in [2.24, 2.45) is 0 Å². The Morgan fingerprint density at radius 3 is 2.65 bits per heavy atom. The molecule has 10 heteroatoms. The Morgan fingerprint density at radius 1 is 1.40 bits per heavy atom. The van der Waals surface area contributed by atoms with Gasteiger partial charge in [-0.2, -0.15) is 4.98 Å². The van der Waals surface area contributed by atoms with Gasteiger partial charge < -0.3 is 11.1 Å². The van der Waals surface area contributed by atoms with E-state index < -0.39 is 15.5 Å². The molecule has 0 unspecified atom stereocenters. The van der Waals surface area contributed by atoms with Gasteiger partial charge in [0.1, 0.15) is 0 Å². The number of rotatable bonds is 3. The van der Waals surface area contributed by atoms with E-state index in [-0.39, 0.29) is 11.8 Å². The van der Waals surface area contributed by atoms with Crippen LogP contribution in [0.15, 0.2) is 24.3 Å². The van der Waals surface area contributed by atoms with E-state index >= 15 is 0 Å². The molecule has 1 heterocycles. The number of nitrogens with two attached hydrogens (primary N) is 1. The topological polar surface area (TPSA) is 127 Å². The largest absolute Gasteiger partial charge is 0.380 e. The van der Waals surface area contributed by atoms with Crippen LogP contribution in [-0.2, 0) is 10.0 Å². The summed E-state index contributed by atoms with van der Waals surface area (Å²) >= 11 is 5.96. The molecule has 0 saturated heterocycles. The van der Waals surface area contributed by atoms with Crippen molar-refractivity contribution in [1.29, 1.82) is 5.41 Å². The second-order valence-corrected chi connectivity index (χ2v) is 6.10. The van der Waals surface area contributed by atoms with Crippen LogP contribution in [-0.4, -0.2) is 28.8 Å². The highest BCUT2D eigenvalue weighted by atomic mass is 35.5. The molecular formula is C10H11ClN6O2S. The number of halogens is 1. The summed E-state index contributed by atoms with van der Waals surface area (Å²) in [6.45, 7) is 0. The maximum absolute atomic E-state index is 11.5. The lowest BCUT2D eigenvalue weighted by Gasteiger charge is -2.09. The van der Waals surface area contributed by atoms with Crippen LogP contribution in [0.2, 0.25) is 5.02 Å². The highest BCUT2D eigenvalue weighted by Gasteiger charge is 2.13. The molecule has 0 saturated carbocycles. The number of hydrogen-bond donors (Lipinski definition) is 3. The molecular weight excluding hydrogens is 304 g/mol. The van der Waals surface area contributed by atoms with Crippen LogP contribution < -0.4 is 16.5 Å². The van der Waals surface area contributed by atoms with Gasteiger partial charge in [0, 0.05) is 0 Å². The predicted octanol–water partition coefficient (Wildman–Crippen LogP) is 0.544. The molecule has 0 spiro atoms. The van der Waals surface area contributed by atoms with Crippen molar-refractivity contribution >= 4 is 39.1 Å². The van der Waals surface area contributed by atoms with Crippen LogP contribution in [0, 0.1) is 5.41 Å². The number of benzene rings is 1. The summed E-state index contributed by atoms with van der Waals surface area (Å²) in [6, 6.07) is 6.80. The standard InChI is InChI=1S/C10H11ClN6O2S/c1-20(18,19)17-9(13)8(12)15-10(16-17)14-7-5-3-2-4-6(7)11/h2-5,13H,1H3,(H3,12,14,15,16). The SMILES string of the molecule is CS(=O)(=O)n1nc(Nc2ccccc2Cl)nc(N)c1=N. The summed E-state index contributed by atoms with van der Waals surface area (Å²) in [5, 5.41) is 14.4. The normalized spacial score (nSPS) is 11.3. The molecule has 0 aliphatic rings. The number of hydrogen-bond acceptors (Lipinski definition) is 7. The van der Waals surface area contributed by atoms with Crippen molar-refractivity contribution in [3.63, 3.8) is 0 Å². The minimum atomic E-state index is -3.76. The van der Waals surface area contributed by atoms with Gasteiger partial charge in [-0.1, -0.05) is 23.7 Å². The molecule has 0 atom stereocenters. The van der Waals surface area contributed by atoms with E-state index in [0.29, 0.717) is 14.8 Å². The number of nitrogens with zero attached hydrogens (tertiary/aromatic N) is 3. The first-order valence-electron chi connectivity index (χ1n) is 5.32. The molecule has 1 aromatic carbocycles. The molecule has 1 aromatic heterocycles. The third-order valence-electron chi connectivity index (χ3n) is 2.28. The van der Waals surface area contributed by atoms with Crippen LogP contribution in [0.5, 0.6) is 0 Å². The molecule has 8 nitrogen and oxygen atoms in total. The smallest absolute Gasteiger partial charge is 0.253 e. The van der Waals surface area contributed by atoms with E-state index in [4.69, 9.17) is 22.7 Å². The molecule has 0 radical (unpaired) electrons. The van der Waals surface area contributed by atoms with Crippen molar-refractivity contribution in [3.8, 4) is 0 Å². The van der Waals surface area contributed by atoms with Gasteiger partial charge in [0.25, 0.3) is 10.0 Å². The Bertz CT molecular complexity index is 817. The highest BCUT2D eigenvalue weighted by Crippen LogP contribution is 2.22. The number of nitrogens with one attached hydrogen (secondary N) is 2. The fourth-order valence-electron chi connectivity index (χ4n) is 1.40. The summed E-state index contributed by atoms with van der Waals surface area (Å²) in [5.74, 6) is -0.336. The van der Waals surface area contributed by atoms with E-state index in [0.717, 1.165) is 6.26 Å².